The van der Waals surface area contributed by atoms with Crippen LogP contribution in [0.2, 0.25) is 0 Å². The third kappa shape index (κ3) is 3.82. The Hall–Kier alpha value is -0.350. The zero-order valence-corrected chi connectivity index (χ0v) is 14.3. The van der Waals surface area contributed by atoms with E-state index in [4.69, 9.17) is 0 Å². The molecule has 19 heavy (non-hydrogen) atoms. The van der Waals surface area contributed by atoms with E-state index in [2.05, 4.69) is 36.8 Å². The summed E-state index contributed by atoms with van der Waals surface area (Å²) in [5, 5.41) is 0.945. The van der Waals surface area contributed by atoms with Gasteiger partial charge in [0.2, 0.25) is 0 Å². The van der Waals surface area contributed by atoms with E-state index in [9.17, 15) is 4.79 Å². The van der Waals surface area contributed by atoms with Crippen molar-refractivity contribution in [3.63, 3.8) is 0 Å². The van der Waals surface area contributed by atoms with E-state index < -0.39 is 0 Å². The molecule has 0 radical (unpaired) electrons. The summed E-state index contributed by atoms with van der Waals surface area (Å²) in [6, 6.07) is 6.39. The van der Waals surface area contributed by atoms with Crippen molar-refractivity contribution in [3.8, 4) is 0 Å². The second-order valence-electron chi connectivity index (χ2n) is 5.14. The number of amides is 1. The predicted octanol–water partition coefficient (Wildman–Crippen LogP) is 4.54. The molecule has 0 spiro atoms. The minimum atomic E-state index is 0.176. The van der Waals surface area contributed by atoms with Crippen LogP contribution in [0.3, 0.4) is 0 Å². The molecule has 0 heterocycles. The van der Waals surface area contributed by atoms with Crippen molar-refractivity contribution in [2.45, 2.75) is 38.6 Å². The number of nitrogens with zero attached hydrogens (tertiary/aromatic N) is 1. The Balaban J connectivity index is 2.17. The smallest absolute Gasteiger partial charge is 0.254 e. The van der Waals surface area contributed by atoms with Crippen molar-refractivity contribution in [3.05, 3.63) is 33.8 Å². The maximum Gasteiger partial charge on any atom is 0.254 e. The van der Waals surface area contributed by atoms with Gasteiger partial charge in [-0.15, -0.1) is 0 Å². The summed E-state index contributed by atoms with van der Waals surface area (Å²) >= 11 is 6.92. The number of hydrogen-bond donors (Lipinski definition) is 0. The average Bonchev–Trinajstić information content (AvgIpc) is 2.29. The second kappa shape index (κ2) is 6.89. The first kappa shape index (κ1) is 15.0. The highest BCUT2D eigenvalue weighted by atomic mass is 79.9. The van der Waals surface area contributed by atoms with Gasteiger partial charge in [0, 0.05) is 28.0 Å². The number of aryl methyl sites for hydroxylation is 1. The molecule has 0 bridgehead atoms. The molecule has 2 rings (SSSR count). The van der Waals surface area contributed by atoms with Gasteiger partial charge in [0.05, 0.1) is 0 Å². The number of alkyl halides is 1. The summed E-state index contributed by atoms with van der Waals surface area (Å²) in [6.07, 6.45) is 4.57. The molecule has 1 aliphatic rings. The average molecular weight is 389 g/mol. The van der Waals surface area contributed by atoms with Crippen LogP contribution in [0.4, 0.5) is 0 Å². The molecular weight excluding hydrogens is 370 g/mol. The Bertz CT molecular complexity index is 437. The molecule has 1 aliphatic carbocycles. The maximum absolute atomic E-state index is 12.7. The van der Waals surface area contributed by atoms with Gasteiger partial charge in [0.25, 0.3) is 5.91 Å². The highest BCUT2D eigenvalue weighted by Gasteiger charge is 2.29. The van der Waals surface area contributed by atoms with Crippen LogP contribution in [0.1, 0.15) is 41.6 Å². The van der Waals surface area contributed by atoms with E-state index in [-0.39, 0.29) is 5.91 Å². The number of halogens is 2. The Morgan fingerprint density at radius 2 is 2.11 bits per heavy atom. The Morgan fingerprint density at radius 3 is 2.63 bits per heavy atom. The molecule has 1 aromatic carbocycles. The normalized spacial score (nSPS) is 15.1. The highest BCUT2D eigenvalue weighted by Crippen LogP contribution is 2.27. The van der Waals surface area contributed by atoms with Crippen LogP contribution in [0, 0.1) is 6.92 Å². The van der Waals surface area contributed by atoms with Gasteiger partial charge in [-0.1, -0.05) is 31.9 Å². The van der Waals surface area contributed by atoms with E-state index in [1.54, 1.807) is 0 Å². The number of rotatable bonds is 5. The highest BCUT2D eigenvalue weighted by molar-refractivity contribution is 9.10. The summed E-state index contributed by atoms with van der Waals surface area (Å²) in [5.74, 6) is 0.176. The molecule has 2 nitrogen and oxygen atoms in total. The molecule has 0 aromatic heterocycles. The zero-order valence-electron chi connectivity index (χ0n) is 11.2. The molecule has 0 aliphatic heterocycles. The van der Waals surface area contributed by atoms with E-state index in [1.165, 1.54) is 6.42 Å². The largest absolute Gasteiger partial charge is 0.336 e. The fourth-order valence-electron chi connectivity index (χ4n) is 2.40. The molecule has 0 atom stereocenters. The standard InChI is InChI=1S/C15H19Br2NO/c1-11-8-12(10-13(17)9-11)15(19)18(7-3-6-16)14-4-2-5-14/h8-10,14H,2-7H2,1H3. The molecule has 0 saturated heterocycles. The lowest BCUT2D eigenvalue weighted by Crippen LogP contribution is -2.44. The molecule has 104 valence electrons. The first-order valence-electron chi connectivity index (χ1n) is 6.76. The molecule has 4 heteroatoms. The lowest BCUT2D eigenvalue weighted by atomic mass is 9.90. The third-order valence-corrected chi connectivity index (χ3v) is 4.62. The molecule has 1 fully saturated rings. The SMILES string of the molecule is Cc1cc(Br)cc(C(=O)N(CCCBr)C2CCC2)c1. The summed E-state index contributed by atoms with van der Waals surface area (Å²) in [6.45, 7) is 2.87. The van der Waals surface area contributed by atoms with E-state index >= 15 is 0 Å². The topological polar surface area (TPSA) is 20.3 Å². The van der Waals surface area contributed by atoms with Crippen LogP contribution in [0.15, 0.2) is 22.7 Å². The molecule has 1 saturated carbocycles. The van der Waals surface area contributed by atoms with Gasteiger partial charge in [0.15, 0.2) is 0 Å². The van der Waals surface area contributed by atoms with Gasteiger partial charge in [0.1, 0.15) is 0 Å². The Morgan fingerprint density at radius 1 is 1.37 bits per heavy atom. The second-order valence-corrected chi connectivity index (χ2v) is 6.85. The molecule has 1 aromatic rings. The van der Waals surface area contributed by atoms with E-state index in [1.807, 2.05) is 25.1 Å². The molecular formula is C15H19Br2NO. The monoisotopic (exact) mass is 387 g/mol. The maximum atomic E-state index is 12.7. The van der Waals surface area contributed by atoms with Crippen molar-refractivity contribution >= 4 is 37.8 Å². The number of carbonyl (C=O) groups excluding carboxylic acids is 1. The molecule has 1 amide bonds. The van der Waals surface area contributed by atoms with Crippen molar-refractivity contribution in [1.29, 1.82) is 0 Å². The summed E-state index contributed by atoms with van der Waals surface area (Å²) in [5.41, 5.74) is 1.92. The van der Waals surface area contributed by atoms with Gasteiger partial charge < -0.3 is 4.90 Å². The minimum absolute atomic E-state index is 0.176. The van der Waals surface area contributed by atoms with Gasteiger partial charge in [-0.05, 0) is 56.4 Å². The van der Waals surface area contributed by atoms with Gasteiger partial charge in [-0.2, -0.15) is 0 Å². The Kier molecular flexibility index (Phi) is 5.46. The quantitative estimate of drug-likeness (QED) is 0.678. The van der Waals surface area contributed by atoms with Crippen LogP contribution in [0.25, 0.3) is 0 Å². The number of carbonyl (C=O) groups is 1. The van der Waals surface area contributed by atoms with Crippen molar-refractivity contribution in [2.24, 2.45) is 0 Å². The third-order valence-electron chi connectivity index (χ3n) is 3.60. The summed E-state index contributed by atoms with van der Waals surface area (Å²) < 4.78 is 0.977. The van der Waals surface area contributed by atoms with Crippen LogP contribution < -0.4 is 0 Å². The first-order valence-corrected chi connectivity index (χ1v) is 8.67. The fraction of sp³-hybridized carbons (Fsp3) is 0.533. The van der Waals surface area contributed by atoms with E-state index in [0.29, 0.717) is 6.04 Å². The van der Waals surface area contributed by atoms with Crippen molar-refractivity contribution in [1.82, 2.24) is 4.90 Å². The van der Waals surface area contributed by atoms with Crippen LogP contribution in [0.5, 0.6) is 0 Å². The van der Waals surface area contributed by atoms with Gasteiger partial charge in [-0.25, -0.2) is 0 Å². The Labute approximate surface area is 131 Å². The van der Waals surface area contributed by atoms with Crippen molar-refractivity contribution in [2.75, 3.05) is 11.9 Å². The van der Waals surface area contributed by atoms with E-state index in [0.717, 1.165) is 46.7 Å². The van der Waals surface area contributed by atoms with Crippen LogP contribution in [-0.4, -0.2) is 28.7 Å². The fourth-order valence-corrected chi connectivity index (χ4v) is 3.26. The van der Waals surface area contributed by atoms with Crippen molar-refractivity contribution < 1.29 is 4.79 Å². The van der Waals surface area contributed by atoms with Gasteiger partial charge >= 0.3 is 0 Å². The zero-order chi connectivity index (χ0) is 13.8. The molecule has 0 unspecified atom stereocenters. The molecule has 0 N–H and O–H groups in total. The lowest BCUT2D eigenvalue weighted by molar-refractivity contribution is 0.0581. The minimum Gasteiger partial charge on any atom is -0.336 e. The lowest BCUT2D eigenvalue weighted by Gasteiger charge is -2.37. The van der Waals surface area contributed by atoms with Crippen LogP contribution >= 0.6 is 31.9 Å². The summed E-state index contributed by atoms with van der Waals surface area (Å²) in [4.78, 5) is 14.7. The number of benzene rings is 1. The predicted molar refractivity (Wildman–Crippen MR) is 86.0 cm³/mol. The summed E-state index contributed by atoms with van der Waals surface area (Å²) in [7, 11) is 0. The first-order chi connectivity index (χ1) is 9.11. The van der Waals surface area contributed by atoms with Crippen LogP contribution in [-0.2, 0) is 0 Å². The number of hydrogen-bond acceptors (Lipinski definition) is 1. The van der Waals surface area contributed by atoms with Gasteiger partial charge in [-0.3, -0.25) is 4.79 Å².